The highest BCUT2D eigenvalue weighted by Crippen LogP contribution is 2.28. The molecule has 0 unspecified atom stereocenters. The van der Waals surface area contributed by atoms with Crippen LogP contribution < -0.4 is 15.5 Å². The van der Waals surface area contributed by atoms with Crippen LogP contribution in [0, 0.1) is 12.8 Å². The fourth-order valence-corrected chi connectivity index (χ4v) is 5.00. The van der Waals surface area contributed by atoms with E-state index in [1.54, 1.807) is 0 Å². The van der Waals surface area contributed by atoms with Gasteiger partial charge < -0.3 is 20.4 Å². The summed E-state index contributed by atoms with van der Waals surface area (Å²) in [6, 6.07) is 17.2. The third-order valence-corrected chi connectivity index (χ3v) is 7.67. The molecular formula is C30H38IN7. The SMILES string of the molecule is C=C=C(I)c1ccc(C)c(Nc2nc(N[C@H]3CCN(CCc4ccccc4)C3)nc(N(C)CC(C)C)n2)c1. The average Bonchev–Trinajstić information content (AvgIpc) is 3.35. The number of halogens is 1. The number of hydrogen-bond donors (Lipinski definition) is 2. The molecule has 1 aliphatic heterocycles. The summed E-state index contributed by atoms with van der Waals surface area (Å²) in [5, 5.41) is 7.05. The maximum Gasteiger partial charge on any atom is 0.233 e. The highest BCUT2D eigenvalue weighted by Gasteiger charge is 2.23. The monoisotopic (exact) mass is 623 g/mol. The number of nitrogens with zero attached hydrogens (tertiary/aromatic N) is 5. The summed E-state index contributed by atoms with van der Waals surface area (Å²) in [5.41, 5.74) is 7.47. The summed E-state index contributed by atoms with van der Waals surface area (Å²) in [7, 11) is 2.03. The van der Waals surface area contributed by atoms with E-state index in [0.29, 0.717) is 29.8 Å². The van der Waals surface area contributed by atoms with E-state index < -0.39 is 0 Å². The summed E-state index contributed by atoms with van der Waals surface area (Å²) in [5.74, 6) is 2.29. The van der Waals surface area contributed by atoms with Gasteiger partial charge in [0.1, 0.15) is 0 Å². The molecule has 0 radical (unpaired) electrons. The third-order valence-electron chi connectivity index (χ3n) is 6.66. The molecule has 1 aliphatic rings. The molecule has 1 fully saturated rings. The van der Waals surface area contributed by atoms with Crippen LogP contribution in [0.1, 0.15) is 37.0 Å². The molecule has 0 amide bonds. The third kappa shape index (κ3) is 7.79. The van der Waals surface area contributed by atoms with E-state index in [0.717, 1.165) is 59.4 Å². The first-order valence-electron chi connectivity index (χ1n) is 13.2. The summed E-state index contributed by atoms with van der Waals surface area (Å²) in [6.07, 6.45) is 2.13. The quantitative estimate of drug-likeness (QED) is 0.192. The van der Waals surface area contributed by atoms with Crippen molar-refractivity contribution >= 4 is 49.7 Å². The zero-order valence-corrected chi connectivity index (χ0v) is 25.0. The van der Waals surface area contributed by atoms with Gasteiger partial charge in [0.15, 0.2) is 0 Å². The summed E-state index contributed by atoms with van der Waals surface area (Å²) in [4.78, 5) is 19.0. The van der Waals surface area contributed by atoms with Crippen LogP contribution in [0.5, 0.6) is 0 Å². The van der Waals surface area contributed by atoms with Gasteiger partial charge in [-0.2, -0.15) is 15.0 Å². The van der Waals surface area contributed by atoms with Crippen molar-refractivity contribution in [3.8, 4) is 0 Å². The lowest BCUT2D eigenvalue weighted by Gasteiger charge is -2.22. The molecule has 4 rings (SSSR count). The number of hydrogen-bond acceptors (Lipinski definition) is 7. The van der Waals surface area contributed by atoms with Gasteiger partial charge in [-0.05, 0) is 71.0 Å². The number of benzene rings is 2. The van der Waals surface area contributed by atoms with E-state index in [4.69, 9.17) is 15.0 Å². The highest BCUT2D eigenvalue weighted by atomic mass is 127. The van der Waals surface area contributed by atoms with Gasteiger partial charge in [0.2, 0.25) is 17.8 Å². The van der Waals surface area contributed by atoms with Crippen molar-refractivity contribution < 1.29 is 0 Å². The van der Waals surface area contributed by atoms with Crippen molar-refractivity contribution in [3.05, 3.63) is 77.5 Å². The Hall–Kier alpha value is -2.94. The van der Waals surface area contributed by atoms with Crippen LogP contribution in [0.3, 0.4) is 0 Å². The predicted molar refractivity (Wildman–Crippen MR) is 168 cm³/mol. The fourth-order valence-electron chi connectivity index (χ4n) is 4.67. The maximum atomic E-state index is 4.80. The van der Waals surface area contributed by atoms with E-state index >= 15 is 0 Å². The topological polar surface area (TPSA) is 69.2 Å². The second-order valence-corrected chi connectivity index (χ2v) is 11.4. The summed E-state index contributed by atoms with van der Waals surface area (Å²) in [6.45, 7) is 14.2. The Morgan fingerprint density at radius 3 is 2.66 bits per heavy atom. The Bertz CT molecular complexity index is 1270. The minimum absolute atomic E-state index is 0.300. The van der Waals surface area contributed by atoms with Crippen molar-refractivity contribution in [3.63, 3.8) is 0 Å². The number of aryl methyl sites for hydroxylation is 1. The molecule has 3 aromatic rings. The lowest BCUT2D eigenvalue weighted by atomic mass is 10.1. The van der Waals surface area contributed by atoms with Crippen LogP contribution in [0.2, 0.25) is 0 Å². The summed E-state index contributed by atoms with van der Waals surface area (Å²) < 4.78 is 0.971. The molecule has 200 valence electrons. The van der Waals surface area contributed by atoms with E-state index in [1.807, 2.05) is 7.05 Å². The molecule has 2 aromatic carbocycles. The first-order valence-corrected chi connectivity index (χ1v) is 14.3. The van der Waals surface area contributed by atoms with E-state index in [-0.39, 0.29) is 0 Å². The molecule has 0 spiro atoms. The molecule has 2 heterocycles. The van der Waals surface area contributed by atoms with Crippen LogP contribution in [0.15, 0.2) is 60.8 Å². The number of likely N-dealkylation sites (tertiary alicyclic amines) is 1. The van der Waals surface area contributed by atoms with Crippen molar-refractivity contribution in [2.75, 3.05) is 48.8 Å². The molecule has 7 nitrogen and oxygen atoms in total. The molecule has 1 saturated heterocycles. The number of aromatic nitrogens is 3. The van der Waals surface area contributed by atoms with Crippen LogP contribution in [0.4, 0.5) is 23.5 Å². The van der Waals surface area contributed by atoms with Crippen LogP contribution in [-0.4, -0.2) is 59.1 Å². The highest BCUT2D eigenvalue weighted by molar-refractivity contribution is 14.1. The first-order chi connectivity index (χ1) is 18.3. The van der Waals surface area contributed by atoms with E-state index in [9.17, 15) is 0 Å². The van der Waals surface area contributed by atoms with Gasteiger partial charge in [-0.15, -0.1) is 5.73 Å². The molecule has 38 heavy (non-hydrogen) atoms. The zero-order valence-electron chi connectivity index (χ0n) is 22.8. The van der Waals surface area contributed by atoms with Crippen molar-refractivity contribution in [2.24, 2.45) is 5.92 Å². The Balaban J connectivity index is 1.51. The minimum atomic E-state index is 0.300. The van der Waals surface area contributed by atoms with Gasteiger partial charge in [0.25, 0.3) is 0 Å². The molecule has 2 N–H and O–H groups in total. The van der Waals surface area contributed by atoms with Gasteiger partial charge in [-0.25, -0.2) is 0 Å². The van der Waals surface area contributed by atoms with Crippen LogP contribution in [-0.2, 0) is 6.42 Å². The van der Waals surface area contributed by atoms with Crippen LogP contribution >= 0.6 is 22.6 Å². The first kappa shape index (κ1) is 28.1. The Kier molecular flexibility index (Phi) is 9.77. The molecule has 8 heteroatoms. The molecule has 1 atom stereocenters. The predicted octanol–water partition coefficient (Wildman–Crippen LogP) is 6.31. The molecule has 0 bridgehead atoms. The van der Waals surface area contributed by atoms with Gasteiger partial charge in [0.05, 0.1) is 3.58 Å². The molecule has 1 aromatic heterocycles. The van der Waals surface area contributed by atoms with E-state index in [2.05, 4.69) is 125 Å². The van der Waals surface area contributed by atoms with Crippen molar-refractivity contribution in [1.82, 2.24) is 19.9 Å². The van der Waals surface area contributed by atoms with Gasteiger partial charge in [-0.3, -0.25) is 0 Å². The smallest absolute Gasteiger partial charge is 0.233 e. The minimum Gasteiger partial charge on any atom is -0.350 e. The van der Waals surface area contributed by atoms with Crippen LogP contribution in [0.25, 0.3) is 3.58 Å². The number of nitrogens with one attached hydrogen (secondary N) is 2. The lowest BCUT2D eigenvalue weighted by Crippen LogP contribution is -2.29. The van der Waals surface area contributed by atoms with E-state index in [1.165, 1.54) is 5.56 Å². The molecular weight excluding hydrogens is 585 g/mol. The average molecular weight is 624 g/mol. The van der Waals surface area contributed by atoms with Gasteiger partial charge >= 0.3 is 0 Å². The Morgan fingerprint density at radius 2 is 1.92 bits per heavy atom. The second kappa shape index (κ2) is 13.2. The number of anilines is 4. The zero-order chi connectivity index (χ0) is 27.1. The van der Waals surface area contributed by atoms with Crippen molar-refractivity contribution in [2.45, 2.75) is 39.7 Å². The second-order valence-electron chi connectivity index (χ2n) is 10.4. The van der Waals surface area contributed by atoms with Gasteiger partial charge in [0, 0.05) is 45.0 Å². The standard InChI is InChI=1S/C30H38IN7/c1-6-26(31)24-13-12-22(4)27(18-24)33-29-34-28(35-30(36-29)37(5)19-21(2)3)32-25-15-17-38(20-25)16-14-23-10-8-7-9-11-23/h7-13,18,21,25H,1,14-17,19-20H2,2-5H3,(H2,32,33,34,35,36)/t25-/m0/s1. The lowest BCUT2D eigenvalue weighted by molar-refractivity contribution is 0.340. The fraction of sp³-hybridized carbons (Fsp3) is 0.400. The Morgan fingerprint density at radius 1 is 1.16 bits per heavy atom. The number of rotatable bonds is 11. The summed E-state index contributed by atoms with van der Waals surface area (Å²) >= 11 is 2.25. The Labute approximate surface area is 240 Å². The largest absolute Gasteiger partial charge is 0.350 e. The van der Waals surface area contributed by atoms with Gasteiger partial charge in [-0.1, -0.05) is 62.9 Å². The maximum absolute atomic E-state index is 4.80. The molecule has 0 saturated carbocycles. The normalized spacial score (nSPS) is 15.4. The molecule has 0 aliphatic carbocycles. The van der Waals surface area contributed by atoms with Crippen molar-refractivity contribution in [1.29, 1.82) is 0 Å².